The van der Waals surface area contributed by atoms with E-state index in [1.54, 1.807) is 10.8 Å². The van der Waals surface area contributed by atoms with E-state index in [4.69, 9.17) is 4.98 Å². The molecule has 0 N–H and O–H groups in total. The van der Waals surface area contributed by atoms with Crippen LogP contribution in [0.3, 0.4) is 0 Å². The molecule has 6 nitrogen and oxygen atoms in total. The van der Waals surface area contributed by atoms with Crippen molar-refractivity contribution in [3.05, 3.63) is 56.7 Å². The molecule has 0 atom stereocenters. The molecule has 0 aliphatic carbocycles. The highest BCUT2D eigenvalue weighted by Gasteiger charge is 2.22. The lowest BCUT2D eigenvalue weighted by molar-refractivity contribution is 0.204. The number of fused-ring (bicyclic) bond motifs is 2. The summed E-state index contributed by atoms with van der Waals surface area (Å²) in [5, 5.41) is 4.95. The fourth-order valence-corrected chi connectivity index (χ4v) is 3.73. The summed E-state index contributed by atoms with van der Waals surface area (Å²) in [6, 6.07) is 8.42. The van der Waals surface area contributed by atoms with Crippen molar-refractivity contribution in [1.82, 2.24) is 24.2 Å². The van der Waals surface area contributed by atoms with E-state index < -0.39 is 0 Å². The van der Waals surface area contributed by atoms with Crippen LogP contribution in [0.5, 0.6) is 0 Å². The van der Waals surface area contributed by atoms with Crippen molar-refractivity contribution in [2.75, 3.05) is 6.54 Å². The molecule has 2 aromatic heterocycles. The van der Waals surface area contributed by atoms with Crippen LogP contribution < -0.4 is 5.56 Å². The Balaban J connectivity index is 1.69. The lowest BCUT2D eigenvalue weighted by atomic mass is 10.2. The van der Waals surface area contributed by atoms with Crippen molar-refractivity contribution in [2.45, 2.75) is 39.5 Å². The van der Waals surface area contributed by atoms with Gasteiger partial charge >= 0.3 is 0 Å². The van der Waals surface area contributed by atoms with Crippen LogP contribution in [0.2, 0.25) is 0 Å². The van der Waals surface area contributed by atoms with Gasteiger partial charge in [0.05, 0.1) is 12.7 Å². The summed E-state index contributed by atoms with van der Waals surface area (Å²) in [6.07, 6.45) is 1.64. The zero-order chi connectivity index (χ0) is 17.6. The quantitative estimate of drug-likeness (QED) is 0.676. The average Bonchev–Trinajstić information content (AvgIpc) is 3.01. The molecule has 1 aromatic carbocycles. The molecule has 7 heteroatoms. The van der Waals surface area contributed by atoms with Crippen LogP contribution in [-0.4, -0.2) is 30.8 Å². The summed E-state index contributed by atoms with van der Waals surface area (Å²) in [4.78, 5) is 19.9. The third-order valence-corrected chi connectivity index (χ3v) is 5.41. The molecule has 0 fully saturated rings. The van der Waals surface area contributed by atoms with Gasteiger partial charge in [0.15, 0.2) is 5.65 Å². The molecule has 3 heterocycles. The monoisotopic (exact) mass is 401 g/mol. The Hall–Kier alpha value is -1.99. The van der Waals surface area contributed by atoms with E-state index in [0.29, 0.717) is 24.1 Å². The highest BCUT2D eigenvalue weighted by atomic mass is 79.9. The van der Waals surface area contributed by atoms with E-state index in [-0.39, 0.29) is 11.6 Å². The molecule has 3 aromatic rings. The SMILES string of the molecule is CC(C)n1ncc2c(=O)n3c(nc21)CN(Cc1ccccc1Br)CC3. The molecule has 1 aliphatic heterocycles. The van der Waals surface area contributed by atoms with Crippen molar-refractivity contribution in [3.63, 3.8) is 0 Å². The Morgan fingerprint density at radius 3 is 2.80 bits per heavy atom. The van der Waals surface area contributed by atoms with Crippen LogP contribution in [0.1, 0.15) is 31.3 Å². The number of aromatic nitrogens is 4. The Morgan fingerprint density at radius 1 is 1.24 bits per heavy atom. The first-order valence-corrected chi connectivity index (χ1v) is 9.26. The van der Waals surface area contributed by atoms with E-state index >= 15 is 0 Å². The summed E-state index contributed by atoms with van der Waals surface area (Å²) in [5.41, 5.74) is 1.95. The van der Waals surface area contributed by atoms with Gasteiger partial charge in [-0.15, -0.1) is 0 Å². The molecule has 130 valence electrons. The molecule has 0 bridgehead atoms. The minimum absolute atomic E-state index is 0.0208. The van der Waals surface area contributed by atoms with Crippen molar-refractivity contribution < 1.29 is 0 Å². The highest BCUT2D eigenvalue weighted by Crippen LogP contribution is 2.21. The molecule has 0 radical (unpaired) electrons. The van der Waals surface area contributed by atoms with Gasteiger partial charge in [-0.1, -0.05) is 34.1 Å². The zero-order valence-electron chi connectivity index (χ0n) is 14.3. The first-order chi connectivity index (χ1) is 12.0. The molecule has 0 saturated carbocycles. The third kappa shape index (κ3) is 2.91. The van der Waals surface area contributed by atoms with Gasteiger partial charge in [0.1, 0.15) is 11.2 Å². The van der Waals surface area contributed by atoms with Crippen molar-refractivity contribution in [1.29, 1.82) is 0 Å². The first kappa shape index (κ1) is 16.5. The average molecular weight is 402 g/mol. The van der Waals surface area contributed by atoms with Gasteiger partial charge in [0.2, 0.25) is 0 Å². The maximum Gasteiger partial charge on any atom is 0.264 e. The largest absolute Gasteiger partial charge is 0.294 e. The Morgan fingerprint density at radius 2 is 2.04 bits per heavy atom. The molecule has 25 heavy (non-hydrogen) atoms. The molecule has 4 rings (SSSR count). The molecular formula is C18H20BrN5O. The first-order valence-electron chi connectivity index (χ1n) is 8.47. The van der Waals surface area contributed by atoms with Crippen LogP contribution in [0, 0.1) is 0 Å². The maximum atomic E-state index is 12.8. The summed E-state index contributed by atoms with van der Waals surface area (Å²) in [6.45, 7) is 7.08. The second kappa shape index (κ2) is 6.38. The minimum Gasteiger partial charge on any atom is -0.294 e. The number of halogens is 1. The standard InChI is InChI=1S/C18H20BrN5O/c1-12(2)24-17-14(9-20-24)18(25)23-8-7-22(11-16(23)21-17)10-13-5-3-4-6-15(13)19/h3-6,9,12H,7-8,10-11H2,1-2H3. The summed E-state index contributed by atoms with van der Waals surface area (Å²) in [5.74, 6) is 0.818. The maximum absolute atomic E-state index is 12.8. The van der Waals surface area contributed by atoms with Crippen LogP contribution in [-0.2, 0) is 19.6 Å². The Bertz CT molecular complexity index is 991. The van der Waals surface area contributed by atoms with E-state index in [9.17, 15) is 4.79 Å². The van der Waals surface area contributed by atoms with Crippen LogP contribution in [0.4, 0.5) is 0 Å². The van der Waals surface area contributed by atoms with Gasteiger partial charge < -0.3 is 0 Å². The lowest BCUT2D eigenvalue weighted by Crippen LogP contribution is -2.39. The molecule has 1 aliphatic rings. The van der Waals surface area contributed by atoms with Gasteiger partial charge in [-0.05, 0) is 25.5 Å². The second-order valence-corrected chi connectivity index (χ2v) is 7.56. The van der Waals surface area contributed by atoms with Crippen molar-refractivity contribution >= 4 is 27.0 Å². The Kier molecular flexibility index (Phi) is 4.21. The second-order valence-electron chi connectivity index (χ2n) is 6.71. The van der Waals surface area contributed by atoms with Crippen LogP contribution >= 0.6 is 15.9 Å². The molecule has 0 spiro atoms. The number of nitrogens with zero attached hydrogens (tertiary/aromatic N) is 5. The van der Waals surface area contributed by atoms with Gasteiger partial charge in [-0.25, -0.2) is 9.67 Å². The number of rotatable bonds is 3. The summed E-state index contributed by atoms with van der Waals surface area (Å²) < 4.78 is 4.73. The normalized spacial score (nSPS) is 15.0. The Labute approximate surface area is 154 Å². The van der Waals surface area contributed by atoms with E-state index in [1.807, 2.05) is 30.7 Å². The highest BCUT2D eigenvalue weighted by molar-refractivity contribution is 9.10. The van der Waals surface area contributed by atoms with Crippen LogP contribution in [0.15, 0.2) is 39.7 Å². The fraction of sp³-hybridized carbons (Fsp3) is 0.389. The number of hydrogen-bond donors (Lipinski definition) is 0. The fourth-order valence-electron chi connectivity index (χ4n) is 3.32. The van der Waals surface area contributed by atoms with Crippen LogP contribution in [0.25, 0.3) is 11.0 Å². The van der Waals surface area contributed by atoms with E-state index in [1.165, 1.54) is 5.56 Å². The summed E-state index contributed by atoms with van der Waals surface area (Å²) >= 11 is 3.61. The van der Waals surface area contributed by atoms with Gasteiger partial charge in [0, 0.05) is 30.1 Å². The summed E-state index contributed by atoms with van der Waals surface area (Å²) in [7, 11) is 0. The van der Waals surface area contributed by atoms with E-state index in [0.717, 1.165) is 23.4 Å². The van der Waals surface area contributed by atoms with Gasteiger partial charge in [0.25, 0.3) is 5.56 Å². The third-order valence-electron chi connectivity index (χ3n) is 4.64. The lowest BCUT2D eigenvalue weighted by Gasteiger charge is -2.29. The molecular weight excluding hydrogens is 382 g/mol. The zero-order valence-corrected chi connectivity index (χ0v) is 15.9. The molecule has 0 amide bonds. The predicted octanol–water partition coefficient (Wildman–Crippen LogP) is 2.95. The van der Waals surface area contributed by atoms with E-state index in [2.05, 4.69) is 38.1 Å². The topological polar surface area (TPSA) is 56.0 Å². The van der Waals surface area contributed by atoms with Crippen molar-refractivity contribution in [2.24, 2.45) is 0 Å². The number of benzene rings is 1. The minimum atomic E-state index is 0.0208. The predicted molar refractivity (Wildman–Crippen MR) is 100 cm³/mol. The smallest absolute Gasteiger partial charge is 0.264 e. The van der Waals surface area contributed by atoms with Crippen molar-refractivity contribution in [3.8, 4) is 0 Å². The van der Waals surface area contributed by atoms with Gasteiger partial charge in [-0.2, -0.15) is 5.10 Å². The van der Waals surface area contributed by atoms with Gasteiger partial charge in [-0.3, -0.25) is 14.3 Å². The molecule has 0 saturated heterocycles. The number of hydrogen-bond acceptors (Lipinski definition) is 4. The molecule has 0 unspecified atom stereocenters.